The molecule has 40 heavy (non-hydrogen) atoms. The van der Waals surface area contributed by atoms with Crippen LogP contribution in [-0.4, -0.2) is 72.5 Å². The van der Waals surface area contributed by atoms with Crippen LogP contribution in [0.1, 0.15) is 22.5 Å². The summed E-state index contributed by atoms with van der Waals surface area (Å²) >= 11 is 12.6. The number of ether oxygens (including phenoxy) is 1. The summed E-state index contributed by atoms with van der Waals surface area (Å²) in [4.78, 5) is 27.8. The molecule has 2 heterocycles. The fourth-order valence-electron chi connectivity index (χ4n) is 3.89. The molecule has 1 aliphatic rings. The molecule has 1 amide bonds. The number of nitrogens with zero attached hydrogens (tertiary/aromatic N) is 4. The van der Waals surface area contributed by atoms with Crippen molar-refractivity contribution in [3.8, 4) is 34.5 Å². The second-order valence-corrected chi connectivity index (χ2v) is 11.7. The van der Waals surface area contributed by atoms with Crippen molar-refractivity contribution in [2.75, 3.05) is 38.3 Å². The number of methoxy groups -OCH3 is 1. The van der Waals surface area contributed by atoms with Crippen molar-refractivity contribution >= 4 is 38.9 Å². The summed E-state index contributed by atoms with van der Waals surface area (Å²) in [5.41, 5.74) is 4.82. The van der Waals surface area contributed by atoms with Gasteiger partial charge in [-0.1, -0.05) is 47.2 Å². The summed E-state index contributed by atoms with van der Waals surface area (Å²) in [5.74, 6) is 5.17. The van der Waals surface area contributed by atoms with Crippen molar-refractivity contribution in [3.63, 3.8) is 0 Å². The molecule has 1 saturated heterocycles. The van der Waals surface area contributed by atoms with Gasteiger partial charge < -0.3 is 9.57 Å². The van der Waals surface area contributed by atoms with Gasteiger partial charge in [0.1, 0.15) is 12.3 Å². The van der Waals surface area contributed by atoms with Gasteiger partial charge in [-0.15, -0.1) is 10.1 Å². The van der Waals surface area contributed by atoms with Crippen LogP contribution in [0.4, 0.5) is 0 Å². The lowest BCUT2D eigenvalue weighted by Gasteiger charge is -2.26. The highest BCUT2D eigenvalue weighted by molar-refractivity contribution is 7.91. The Kier molecular flexibility index (Phi) is 9.16. The number of rotatable bonds is 8. The molecule has 1 fully saturated rings. The maximum atomic E-state index is 13.3. The fourth-order valence-corrected chi connectivity index (χ4v) is 5.58. The van der Waals surface area contributed by atoms with Crippen LogP contribution < -0.4 is 10.2 Å². The molecule has 1 N–H and O–H groups in total. The molecule has 0 bridgehead atoms. The zero-order valence-corrected chi connectivity index (χ0v) is 23.4. The molecular weight excluding hydrogens is 585 g/mol. The molecule has 15 heteroatoms. The third kappa shape index (κ3) is 7.02. The molecule has 1 aliphatic heterocycles. The van der Waals surface area contributed by atoms with Gasteiger partial charge in [0.2, 0.25) is 0 Å². The minimum Gasteiger partial charge on any atom is -0.492 e. The van der Waals surface area contributed by atoms with E-state index in [1.165, 1.54) is 16.8 Å². The number of hydrogen-bond donors (Lipinski definition) is 1. The third-order valence-electron chi connectivity index (χ3n) is 5.82. The van der Waals surface area contributed by atoms with Crippen LogP contribution in [0.25, 0.3) is 16.9 Å². The van der Waals surface area contributed by atoms with Gasteiger partial charge >= 0.3 is 0 Å². The van der Waals surface area contributed by atoms with Crippen molar-refractivity contribution in [2.24, 2.45) is 0 Å². The first-order valence-electron chi connectivity index (χ1n) is 11.8. The average Bonchev–Trinajstić information content (AvgIpc) is 3.29. The van der Waals surface area contributed by atoms with E-state index >= 15 is 0 Å². The van der Waals surface area contributed by atoms with Gasteiger partial charge in [-0.2, -0.15) is 5.10 Å². The first-order chi connectivity index (χ1) is 19.1. The van der Waals surface area contributed by atoms with Crippen LogP contribution in [0.3, 0.4) is 0 Å². The number of aromatic nitrogens is 2. The number of hydrogen-bond acceptors (Lipinski definition) is 9. The first kappa shape index (κ1) is 29.2. The molecule has 0 spiro atoms. The molecule has 12 nitrogen and oxygen atoms in total. The molecule has 210 valence electrons. The quantitative estimate of drug-likeness (QED) is 0.176. The highest BCUT2D eigenvalue weighted by Gasteiger charge is 2.29. The van der Waals surface area contributed by atoms with Gasteiger partial charge in [0.25, 0.3) is 11.0 Å². The monoisotopic (exact) mass is 607 g/mol. The smallest absolute Gasteiger partial charge is 0.294 e. The SMILES string of the molecule is COc1c(C(=O)NN2CCS(=O)(=O)CC2)nn(-c2ccc(Cl)cc2Cl)c1-c1ccc(C#CCCO[N+](=O)[O-])cc1. The lowest BCUT2D eigenvalue weighted by atomic mass is 10.1. The average molecular weight is 608 g/mol. The Morgan fingerprint density at radius 2 is 1.88 bits per heavy atom. The lowest BCUT2D eigenvalue weighted by Crippen LogP contribution is -2.50. The van der Waals surface area contributed by atoms with Gasteiger partial charge in [0.05, 0.1) is 29.3 Å². The van der Waals surface area contributed by atoms with E-state index in [1.54, 1.807) is 42.5 Å². The van der Waals surface area contributed by atoms with Crippen LogP contribution in [0.2, 0.25) is 10.0 Å². The van der Waals surface area contributed by atoms with E-state index in [0.29, 0.717) is 27.5 Å². The summed E-state index contributed by atoms with van der Waals surface area (Å²) < 4.78 is 30.7. The summed E-state index contributed by atoms with van der Waals surface area (Å²) in [7, 11) is -1.73. The number of halogens is 2. The normalized spacial score (nSPS) is 14.6. The summed E-state index contributed by atoms with van der Waals surface area (Å²) in [6, 6.07) is 11.8. The van der Waals surface area contributed by atoms with E-state index in [1.807, 2.05) is 0 Å². The molecule has 0 radical (unpaired) electrons. The van der Waals surface area contributed by atoms with Crippen molar-refractivity contribution in [1.29, 1.82) is 0 Å². The Hall–Kier alpha value is -3.83. The molecule has 0 atom stereocenters. The summed E-state index contributed by atoms with van der Waals surface area (Å²) in [6.07, 6.45) is 0.180. The van der Waals surface area contributed by atoms with E-state index in [0.717, 1.165) is 0 Å². The highest BCUT2D eigenvalue weighted by atomic mass is 35.5. The Morgan fingerprint density at radius 1 is 1.18 bits per heavy atom. The van der Waals surface area contributed by atoms with Crippen molar-refractivity contribution in [1.82, 2.24) is 20.2 Å². The van der Waals surface area contributed by atoms with Crippen molar-refractivity contribution < 1.29 is 27.9 Å². The maximum Gasteiger partial charge on any atom is 0.294 e. The van der Waals surface area contributed by atoms with E-state index in [2.05, 4.69) is 27.2 Å². The summed E-state index contributed by atoms with van der Waals surface area (Å²) in [5, 5.41) is 16.1. The van der Waals surface area contributed by atoms with Crippen LogP contribution in [0.5, 0.6) is 5.75 Å². The second-order valence-electron chi connectivity index (χ2n) is 8.50. The fraction of sp³-hybridized carbons (Fsp3) is 0.280. The zero-order chi connectivity index (χ0) is 28.9. The van der Waals surface area contributed by atoms with Gasteiger partial charge in [-0.05, 0) is 30.3 Å². The molecule has 0 saturated carbocycles. The minimum absolute atomic E-state index is 0.0356. The zero-order valence-electron chi connectivity index (χ0n) is 21.1. The first-order valence-corrected chi connectivity index (χ1v) is 14.4. The van der Waals surface area contributed by atoms with Gasteiger partial charge in [0.15, 0.2) is 21.3 Å². The standard InChI is InChI=1S/C25H23Cl2N5O7S/c1-38-24-22(25(33)29-30-11-14-40(36,37)15-12-30)28-31(21-10-9-19(26)16-20(21)27)23(24)18-7-5-17(6-8-18)4-2-3-13-39-32(34)35/h5-10,16H,3,11-15H2,1H3,(H,29,33). The van der Waals surface area contributed by atoms with E-state index in [4.69, 9.17) is 27.9 Å². The molecule has 3 aromatic rings. The lowest BCUT2D eigenvalue weighted by molar-refractivity contribution is -0.757. The maximum absolute atomic E-state index is 13.3. The molecule has 0 aliphatic carbocycles. The van der Waals surface area contributed by atoms with Crippen molar-refractivity contribution in [2.45, 2.75) is 6.42 Å². The topological polar surface area (TPSA) is 146 Å². The number of sulfone groups is 1. The van der Waals surface area contributed by atoms with Crippen LogP contribution in [0, 0.1) is 22.0 Å². The van der Waals surface area contributed by atoms with Crippen LogP contribution >= 0.6 is 23.2 Å². The third-order valence-corrected chi connectivity index (χ3v) is 7.96. The second kappa shape index (κ2) is 12.6. The van der Waals surface area contributed by atoms with Gasteiger partial charge in [-0.3, -0.25) is 10.2 Å². The highest BCUT2D eigenvalue weighted by Crippen LogP contribution is 2.37. The predicted octanol–water partition coefficient (Wildman–Crippen LogP) is 3.18. The number of amides is 1. The number of carbonyl (C=O) groups is 1. The molecule has 1 aromatic heterocycles. The van der Waals surface area contributed by atoms with E-state index in [-0.39, 0.29) is 54.1 Å². The Labute approximate surface area is 239 Å². The van der Waals surface area contributed by atoms with Gasteiger partial charge in [-0.25, -0.2) is 18.1 Å². The van der Waals surface area contributed by atoms with Crippen molar-refractivity contribution in [3.05, 3.63) is 73.9 Å². The summed E-state index contributed by atoms with van der Waals surface area (Å²) in [6.45, 7) is 0.162. The molecule has 4 rings (SSSR count). The molecule has 0 unspecified atom stereocenters. The molecular formula is C25H23Cl2N5O7S. The Morgan fingerprint density at radius 3 is 2.50 bits per heavy atom. The number of carbonyl (C=O) groups excluding carboxylic acids is 1. The van der Waals surface area contributed by atoms with E-state index in [9.17, 15) is 23.3 Å². The predicted molar refractivity (Wildman–Crippen MR) is 148 cm³/mol. The molecule has 2 aromatic carbocycles. The number of benzene rings is 2. The number of hydrazine groups is 1. The van der Waals surface area contributed by atoms with Gasteiger partial charge in [0, 0.05) is 35.7 Å². The minimum atomic E-state index is -3.13. The van der Waals surface area contributed by atoms with E-state index < -0.39 is 20.8 Å². The Bertz CT molecular complexity index is 1580. The van der Waals surface area contributed by atoms with Crippen LogP contribution in [-0.2, 0) is 14.7 Å². The van der Waals surface area contributed by atoms with Crippen LogP contribution in [0.15, 0.2) is 42.5 Å². The largest absolute Gasteiger partial charge is 0.492 e. The Balaban J connectivity index is 1.69. The number of nitrogens with one attached hydrogen (secondary N) is 1.